The SMILES string of the molecule is N[C@H]1C2CC(N)(C2)C2CC21. The summed E-state index contributed by atoms with van der Waals surface area (Å²) in [5.74, 6) is 2.42. The summed E-state index contributed by atoms with van der Waals surface area (Å²) in [6, 6.07) is 0.510. The Morgan fingerprint density at radius 1 is 1.30 bits per heavy atom. The van der Waals surface area contributed by atoms with Gasteiger partial charge in [0.15, 0.2) is 0 Å². The molecule has 56 valence electrons. The summed E-state index contributed by atoms with van der Waals surface area (Å²) in [6.07, 6.45) is 3.76. The van der Waals surface area contributed by atoms with Crippen LogP contribution in [0, 0.1) is 17.8 Å². The third kappa shape index (κ3) is 0.424. The van der Waals surface area contributed by atoms with Crippen molar-refractivity contribution in [1.82, 2.24) is 0 Å². The molecule has 10 heavy (non-hydrogen) atoms. The highest BCUT2D eigenvalue weighted by Crippen LogP contribution is 2.63. The molecule has 3 atom stereocenters. The van der Waals surface area contributed by atoms with Crippen molar-refractivity contribution >= 4 is 0 Å². The fraction of sp³-hybridized carbons (Fsp3) is 1.00. The summed E-state index contributed by atoms with van der Waals surface area (Å²) >= 11 is 0. The molecule has 2 bridgehead atoms. The molecule has 2 heteroatoms. The molecule has 0 radical (unpaired) electrons. The van der Waals surface area contributed by atoms with Crippen molar-refractivity contribution in [1.29, 1.82) is 0 Å². The van der Waals surface area contributed by atoms with Crippen LogP contribution in [0.5, 0.6) is 0 Å². The Morgan fingerprint density at radius 2 is 2.00 bits per heavy atom. The topological polar surface area (TPSA) is 52.0 Å². The lowest BCUT2D eigenvalue weighted by Gasteiger charge is -2.52. The molecule has 0 aliphatic heterocycles. The third-order valence-electron chi connectivity index (χ3n) is 3.90. The zero-order chi connectivity index (χ0) is 6.93. The average Bonchev–Trinajstić information content (AvgIpc) is 2.53. The Labute approximate surface area is 61.0 Å². The van der Waals surface area contributed by atoms with Gasteiger partial charge in [0.05, 0.1) is 0 Å². The zero-order valence-corrected chi connectivity index (χ0v) is 6.09. The first-order valence-electron chi connectivity index (χ1n) is 4.25. The van der Waals surface area contributed by atoms with Crippen LogP contribution in [0.25, 0.3) is 0 Å². The largest absolute Gasteiger partial charge is 0.327 e. The maximum Gasteiger partial charge on any atom is 0.0192 e. The van der Waals surface area contributed by atoms with Gasteiger partial charge in [0.2, 0.25) is 0 Å². The van der Waals surface area contributed by atoms with Gasteiger partial charge in [0, 0.05) is 11.6 Å². The molecule has 2 unspecified atom stereocenters. The summed E-state index contributed by atoms with van der Waals surface area (Å²) in [7, 11) is 0. The van der Waals surface area contributed by atoms with Gasteiger partial charge in [-0.2, -0.15) is 0 Å². The predicted octanol–water partition coefficient (Wildman–Crippen LogP) is 0.0709. The van der Waals surface area contributed by atoms with Gasteiger partial charge in [0.25, 0.3) is 0 Å². The van der Waals surface area contributed by atoms with Crippen LogP contribution in [0.1, 0.15) is 19.3 Å². The molecule has 4 rings (SSSR count). The smallest absolute Gasteiger partial charge is 0.0192 e. The highest BCUT2D eigenvalue weighted by atomic mass is 14.9. The normalized spacial score (nSPS) is 70.2. The molecule has 4 aliphatic rings. The van der Waals surface area contributed by atoms with E-state index in [1.807, 2.05) is 0 Å². The molecule has 4 saturated carbocycles. The minimum atomic E-state index is 0.255. The Morgan fingerprint density at radius 3 is 2.60 bits per heavy atom. The fourth-order valence-electron chi connectivity index (χ4n) is 3.14. The lowest BCUT2D eigenvalue weighted by atomic mass is 9.58. The second-order valence-corrected chi connectivity index (χ2v) is 4.48. The third-order valence-corrected chi connectivity index (χ3v) is 3.90. The minimum absolute atomic E-state index is 0.255. The molecule has 0 amide bonds. The van der Waals surface area contributed by atoms with Crippen LogP contribution < -0.4 is 11.5 Å². The molecular weight excluding hydrogens is 124 g/mol. The first kappa shape index (κ1) is 5.56. The van der Waals surface area contributed by atoms with Crippen molar-refractivity contribution in [3.63, 3.8) is 0 Å². The van der Waals surface area contributed by atoms with E-state index in [4.69, 9.17) is 11.5 Å². The first-order valence-corrected chi connectivity index (χ1v) is 4.25. The summed E-state index contributed by atoms with van der Waals surface area (Å²) in [6.45, 7) is 0. The summed E-state index contributed by atoms with van der Waals surface area (Å²) in [5.41, 5.74) is 12.4. The van der Waals surface area contributed by atoms with Crippen molar-refractivity contribution in [3.8, 4) is 0 Å². The van der Waals surface area contributed by atoms with Crippen molar-refractivity contribution in [2.45, 2.75) is 30.8 Å². The number of rotatable bonds is 0. The molecule has 2 nitrogen and oxygen atoms in total. The standard InChI is InChI=1S/C8H14N2/c9-7-4-2-8(10,3-4)6-1-5(6)7/h4-7H,1-3,9-10H2/t4?,5?,6?,7-,8?/m0/s1. The number of hydrogen-bond acceptors (Lipinski definition) is 2. The Bertz CT molecular complexity index is 182. The van der Waals surface area contributed by atoms with E-state index < -0.39 is 0 Å². The van der Waals surface area contributed by atoms with Gasteiger partial charge in [0.1, 0.15) is 0 Å². The van der Waals surface area contributed by atoms with Gasteiger partial charge in [-0.05, 0) is 37.0 Å². The molecule has 4 N–H and O–H groups in total. The highest BCUT2D eigenvalue weighted by molar-refractivity contribution is 5.21. The van der Waals surface area contributed by atoms with Crippen molar-refractivity contribution in [2.75, 3.05) is 0 Å². The molecular formula is C8H14N2. The Hall–Kier alpha value is -0.0800. The van der Waals surface area contributed by atoms with E-state index in [-0.39, 0.29) is 5.54 Å². The molecule has 4 aliphatic carbocycles. The first-order chi connectivity index (χ1) is 4.71. The van der Waals surface area contributed by atoms with Gasteiger partial charge >= 0.3 is 0 Å². The lowest BCUT2D eigenvalue weighted by Crippen LogP contribution is -2.63. The Kier molecular flexibility index (Phi) is 0.710. The Balaban J connectivity index is 1.94. The van der Waals surface area contributed by atoms with Gasteiger partial charge < -0.3 is 11.5 Å². The van der Waals surface area contributed by atoms with E-state index in [1.54, 1.807) is 0 Å². The van der Waals surface area contributed by atoms with Gasteiger partial charge in [-0.1, -0.05) is 0 Å². The highest BCUT2D eigenvalue weighted by Gasteiger charge is 2.65. The molecule has 0 spiro atoms. The molecule has 0 aromatic rings. The van der Waals surface area contributed by atoms with E-state index in [0.717, 1.165) is 17.8 Å². The van der Waals surface area contributed by atoms with Crippen molar-refractivity contribution in [3.05, 3.63) is 0 Å². The summed E-state index contributed by atoms with van der Waals surface area (Å²) < 4.78 is 0. The van der Waals surface area contributed by atoms with Crippen LogP contribution >= 0.6 is 0 Å². The van der Waals surface area contributed by atoms with E-state index in [9.17, 15) is 0 Å². The number of hydrogen-bond donors (Lipinski definition) is 2. The van der Waals surface area contributed by atoms with Crippen LogP contribution in [0.2, 0.25) is 0 Å². The van der Waals surface area contributed by atoms with Crippen molar-refractivity contribution in [2.24, 2.45) is 29.2 Å². The van der Waals surface area contributed by atoms with E-state index >= 15 is 0 Å². The second-order valence-electron chi connectivity index (χ2n) is 4.48. The molecule has 4 fully saturated rings. The second kappa shape index (κ2) is 1.28. The average molecular weight is 138 g/mol. The molecule has 0 heterocycles. The summed E-state index contributed by atoms with van der Waals surface area (Å²) in [5, 5.41) is 0. The molecule has 0 aromatic carbocycles. The molecule has 0 aromatic heterocycles. The predicted molar refractivity (Wildman–Crippen MR) is 39.2 cm³/mol. The van der Waals surface area contributed by atoms with Crippen LogP contribution in [-0.4, -0.2) is 11.6 Å². The van der Waals surface area contributed by atoms with E-state index in [1.165, 1.54) is 19.3 Å². The van der Waals surface area contributed by atoms with Crippen molar-refractivity contribution < 1.29 is 0 Å². The van der Waals surface area contributed by atoms with Gasteiger partial charge in [-0.15, -0.1) is 0 Å². The van der Waals surface area contributed by atoms with Gasteiger partial charge in [-0.3, -0.25) is 0 Å². The number of nitrogens with two attached hydrogens (primary N) is 2. The zero-order valence-electron chi connectivity index (χ0n) is 6.09. The maximum atomic E-state index is 6.14. The van der Waals surface area contributed by atoms with Crippen LogP contribution in [0.3, 0.4) is 0 Å². The van der Waals surface area contributed by atoms with Crippen LogP contribution in [0.15, 0.2) is 0 Å². The minimum Gasteiger partial charge on any atom is -0.327 e. The monoisotopic (exact) mass is 138 g/mol. The lowest BCUT2D eigenvalue weighted by molar-refractivity contribution is 0.0466. The van der Waals surface area contributed by atoms with E-state index in [2.05, 4.69) is 0 Å². The quantitative estimate of drug-likeness (QED) is 0.497. The van der Waals surface area contributed by atoms with Crippen LogP contribution in [-0.2, 0) is 0 Å². The van der Waals surface area contributed by atoms with E-state index in [0.29, 0.717) is 6.04 Å². The summed E-state index contributed by atoms with van der Waals surface area (Å²) in [4.78, 5) is 0. The fourth-order valence-corrected chi connectivity index (χ4v) is 3.14. The van der Waals surface area contributed by atoms with Gasteiger partial charge in [-0.25, -0.2) is 0 Å². The molecule has 0 saturated heterocycles. The maximum absolute atomic E-state index is 6.14. The van der Waals surface area contributed by atoms with Crippen LogP contribution in [0.4, 0.5) is 0 Å².